The van der Waals surface area contributed by atoms with E-state index in [0.29, 0.717) is 12.2 Å². The summed E-state index contributed by atoms with van der Waals surface area (Å²) in [5.41, 5.74) is 0.603. The monoisotopic (exact) mass is 194 g/mol. The Morgan fingerprint density at radius 2 is 2.07 bits per heavy atom. The molecule has 3 nitrogen and oxygen atoms in total. The van der Waals surface area contributed by atoms with Gasteiger partial charge in [0.25, 0.3) is 0 Å². The van der Waals surface area contributed by atoms with Gasteiger partial charge in [0.2, 0.25) is 0 Å². The quantitative estimate of drug-likeness (QED) is 0.572. The second-order valence-electron chi connectivity index (χ2n) is 2.90. The van der Waals surface area contributed by atoms with Gasteiger partial charge in [0.1, 0.15) is 0 Å². The highest BCUT2D eigenvalue weighted by molar-refractivity contribution is 5.96. The third-order valence-electron chi connectivity index (χ3n) is 1.81. The lowest BCUT2D eigenvalue weighted by Gasteiger charge is -2.08. The van der Waals surface area contributed by atoms with Crippen molar-refractivity contribution in [3.63, 3.8) is 0 Å². The molecule has 0 unspecified atom stereocenters. The Hall–Kier alpha value is -1.19. The number of ether oxygens (including phenoxy) is 1. The molecule has 3 heteroatoms. The summed E-state index contributed by atoms with van der Waals surface area (Å²) in [6.45, 7) is 2.18. The molecule has 0 aliphatic heterocycles. The fraction of sp³-hybridized carbons (Fsp3) is 0.364. The molecule has 0 bridgehead atoms. The fourth-order valence-corrected chi connectivity index (χ4v) is 1.15. The van der Waals surface area contributed by atoms with Crippen molar-refractivity contribution in [3.8, 4) is 0 Å². The summed E-state index contributed by atoms with van der Waals surface area (Å²) in [6, 6.07) is 8.87. The van der Waals surface area contributed by atoms with Crippen molar-refractivity contribution in [2.75, 3.05) is 6.61 Å². The molecule has 0 spiro atoms. The molecule has 0 amide bonds. The van der Waals surface area contributed by atoms with E-state index in [9.17, 15) is 9.90 Å². The maximum Gasteiger partial charge on any atom is 0.167 e. The standard InChI is InChI=1S/C11H14O3/c1-2-14-11(13)8-10(12)9-6-4-3-5-7-9/h3-7,11,13H,2,8H2,1H3/t11-/m1/s1. The van der Waals surface area contributed by atoms with Crippen LogP contribution in [-0.4, -0.2) is 23.8 Å². The van der Waals surface area contributed by atoms with Gasteiger partial charge in [-0.1, -0.05) is 30.3 Å². The summed E-state index contributed by atoms with van der Waals surface area (Å²) in [7, 11) is 0. The minimum absolute atomic E-state index is 0.0118. The Balaban J connectivity index is 2.51. The molecule has 0 aromatic heterocycles. The fourth-order valence-electron chi connectivity index (χ4n) is 1.15. The van der Waals surface area contributed by atoms with Gasteiger partial charge < -0.3 is 9.84 Å². The number of aliphatic hydroxyl groups is 1. The highest BCUT2D eigenvalue weighted by Gasteiger charge is 2.11. The summed E-state index contributed by atoms with van der Waals surface area (Å²) < 4.78 is 4.87. The van der Waals surface area contributed by atoms with Crippen molar-refractivity contribution in [3.05, 3.63) is 35.9 Å². The SMILES string of the molecule is CCO[C@@H](O)CC(=O)c1ccccc1. The zero-order valence-corrected chi connectivity index (χ0v) is 8.14. The highest BCUT2D eigenvalue weighted by Crippen LogP contribution is 2.05. The zero-order chi connectivity index (χ0) is 10.4. The van der Waals surface area contributed by atoms with Gasteiger partial charge in [-0.05, 0) is 6.92 Å². The molecule has 1 aromatic rings. The Morgan fingerprint density at radius 3 is 2.64 bits per heavy atom. The molecule has 0 heterocycles. The summed E-state index contributed by atoms with van der Waals surface area (Å²) in [5, 5.41) is 9.24. The van der Waals surface area contributed by atoms with E-state index in [2.05, 4.69) is 0 Å². The van der Waals surface area contributed by atoms with E-state index in [1.54, 1.807) is 31.2 Å². The van der Waals surface area contributed by atoms with E-state index in [1.807, 2.05) is 6.07 Å². The predicted octanol–water partition coefficient (Wildman–Crippen LogP) is 1.61. The van der Waals surface area contributed by atoms with Gasteiger partial charge in [-0.25, -0.2) is 0 Å². The predicted molar refractivity (Wildman–Crippen MR) is 53.0 cm³/mol. The van der Waals surface area contributed by atoms with Gasteiger partial charge in [0.15, 0.2) is 12.1 Å². The van der Waals surface area contributed by atoms with Crippen molar-refractivity contribution >= 4 is 5.78 Å². The summed E-state index contributed by atoms with van der Waals surface area (Å²) in [5.74, 6) is -0.105. The molecule has 0 aliphatic carbocycles. The Bertz CT molecular complexity index is 282. The Kier molecular flexibility index (Phi) is 4.29. The van der Waals surface area contributed by atoms with Gasteiger partial charge in [-0.2, -0.15) is 0 Å². The lowest BCUT2D eigenvalue weighted by atomic mass is 10.1. The lowest BCUT2D eigenvalue weighted by Crippen LogP contribution is -2.17. The van der Waals surface area contributed by atoms with E-state index in [1.165, 1.54) is 0 Å². The molecule has 0 radical (unpaired) electrons. The molecule has 0 saturated carbocycles. The van der Waals surface area contributed by atoms with E-state index in [4.69, 9.17) is 4.74 Å². The van der Waals surface area contributed by atoms with Crippen molar-refractivity contribution in [2.24, 2.45) is 0 Å². The number of carbonyl (C=O) groups excluding carboxylic acids is 1. The lowest BCUT2D eigenvalue weighted by molar-refractivity contribution is -0.0919. The summed E-state index contributed by atoms with van der Waals surface area (Å²) in [4.78, 5) is 11.5. The van der Waals surface area contributed by atoms with Gasteiger partial charge in [-0.15, -0.1) is 0 Å². The molecule has 1 rings (SSSR count). The average molecular weight is 194 g/mol. The maximum atomic E-state index is 11.5. The molecule has 1 aromatic carbocycles. The third-order valence-corrected chi connectivity index (χ3v) is 1.81. The molecule has 1 atom stereocenters. The first-order valence-corrected chi connectivity index (χ1v) is 4.62. The van der Waals surface area contributed by atoms with Crippen LogP contribution in [-0.2, 0) is 4.74 Å². The van der Waals surface area contributed by atoms with Crippen LogP contribution in [0.2, 0.25) is 0 Å². The van der Waals surface area contributed by atoms with Crippen LogP contribution in [0.15, 0.2) is 30.3 Å². The van der Waals surface area contributed by atoms with Gasteiger partial charge in [0, 0.05) is 12.2 Å². The second kappa shape index (κ2) is 5.52. The molecule has 0 fully saturated rings. The normalized spacial score (nSPS) is 12.4. The smallest absolute Gasteiger partial charge is 0.167 e. The summed E-state index contributed by atoms with van der Waals surface area (Å²) in [6.07, 6.45) is -0.981. The number of rotatable bonds is 5. The van der Waals surface area contributed by atoms with Gasteiger partial charge in [-0.3, -0.25) is 4.79 Å². The first kappa shape index (κ1) is 10.9. The number of benzene rings is 1. The van der Waals surface area contributed by atoms with Gasteiger partial charge in [0.05, 0.1) is 6.42 Å². The van der Waals surface area contributed by atoms with Crippen molar-refractivity contribution < 1.29 is 14.6 Å². The number of hydrogen-bond donors (Lipinski definition) is 1. The Labute approximate surface area is 83.3 Å². The zero-order valence-electron chi connectivity index (χ0n) is 8.14. The third kappa shape index (κ3) is 3.28. The van der Waals surface area contributed by atoms with E-state index >= 15 is 0 Å². The van der Waals surface area contributed by atoms with Crippen LogP contribution in [0.25, 0.3) is 0 Å². The van der Waals surface area contributed by atoms with Crippen LogP contribution < -0.4 is 0 Å². The molecule has 76 valence electrons. The van der Waals surface area contributed by atoms with Crippen LogP contribution in [0.4, 0.5) is 0 Å². The van der Waals surface area contributed by atoms with Crippen molar-refractivity contribution in [2.45, 2.75) is 19.6 Å². The molecule has 14 heavy (non-hydrogen) atoms. The minimum atomic E-state index is -0.993. The van der Waals surface area contributed by atoms with Crippen LogP contribution in [0, 0.1) is 0 Å². The molecular formula is C11H14O3. The largest absolute Gasteiger partial charge is 0.368 e. The molecular weight excluding hydrogens is 180 g/mol. The van der Waals surface area contributed by atoms with Gasteiger partial charge >= 0.3 is 0 Å². The highest BCUT2D eigenvalue weighted by atomic mass is 16.6. The molecule has 0 aliphatic rings. The van der Waals surface area contributed by atoms with E-state index in [0.717, 1.165) is 0 Å². The molecule has 0 saturated heterocycles. The number of ketones is 1. The summed E-state index contributed by atoms with van der Waals surface area (Å²) >= 11 is 0. The van der Waals surface area contributed by atoms with Crippen molar-refractivity contribution in [1.29, 1.82) is 0 Å². The van der Waals surface area contributed by atoms with Crippen LogP contribution in [0.3, 0.4) is 0 Å². The number of hydrogen-bond acceptors (Lipinski definition) is 3. The first-order chi connectivity index (χ1) is 6.74. The molecule has 1 N–H and O–H groups in total. The Morgan fingerprint density at radius 1 is 1.43 bits per heavy atom. The maximum absolute atomic E-state index is 11.5. The number of carbonyl (C=O) groups is 1. The number of Topliss-reactive ketones (excluding diaryl/α,β-unsaturated/α-hetero) is 1. The van der Waals surface area contributed by atoms with E-state index in [-0.39, 0.29) is 12.2 Å². The van der Waals surface area contributed by atoms with E-state index < -0.39 is 6.29 Å². The van der Waals surface area contributed by atoms with Crippen LogP contribution >= 0.6 is 0 Å². The topological polar surface area (TPSA) is 46.5 Å². The first-order valence-electron chi connectivity index (χ1n) is 4.62. The number of aliphatic hydroxyl groups excluding tert-OH is 1. The van der Waals surface area contributed by atoms with Crippen molar-refractivity contribution in [1.82, 2.24) is 0 Å². The van der Waals surface area contributed by atoms with Crippen LogP contribution in [0.1, 0.15) is 23.7 Å². The average Bonchev–Trinajstić information content (AvgIpc) is 2.19. The minimum Gasteiger partial charge on any atom is -0.368 e. The van der Waals surface area contributed by atoms with Crippen LogP contribution in [0.5, 0.6) is 0 Å². The second-order valence-corrected chi connectivity index (χ2v) is 2.90.